The average Bonchev–Trinajstić information content (AvgIpc) is 3.06. The number of rotatable bonds is 8. The van der Waals surface area contributed by atoms with Crippen LogP contribution < -0.4 is 10.1 Å². The van der Waals surface area contributed by atoms with E-state index >= 15 is 0 Å². The predicted octanol–water partition coefficient (Wildman–Crippen LogP) is 4.16. The molecule has 1 aromatic heterocycles. The smallest absolute Gasteiger partial charge is 0.124 e. The lowest BCUT2D eigenvalue weighted by atomic mass is 10.1. The number of thioether (sulfide) groups is 1. The Morgan fingerprint density at radius 1 is 1.17 bits per heavy atom. The minimum atomic E-state index is 0.215. The first-order chi connectivity index (χ1) is 11.8. The zero-order valence-electron chi connectivity index (χ0n) is 14.1. The zero-order valence-corrected chi connectivity index (χ0v) is 14.9. The van der Waals surface area contributed by atoms with Crippen LogP contribution in [0.25, 0.3) is 11.0 Å². The summed E-state index contributed by atoms with van der Waals surface area (Å²) in [6.07, 6.45) is 3.18. The first-order valence-electron chi connectivity index (χ1n) is 8.10. The van der Waals surface area contributed by atoms with Crippen molar-refractivity contribution >= 4 is 22.8 Å². The standard InChI is InChI=1S/C19H23N3OS/c1-23-15-9-7-14(8-10-15)13-20-18(11-12-24-2)19-21-16-5-3-4-6-17(16)22-19/h3-10,18,20H,11-13H2,1-2H3,(H,21,22)/t18-/m1/s1. The molecular formula is C19H23N3OS. The molecular weight excluding hydrogens is 318 g/mol. The third-order valence-corrected chi connectivity index (χ3v) is 4.70. The third-order valence-electron chi connectivity index (χ3n) is 4.06. The van der Waals surface area contributed by atoms with E-state index < -0.39 is 0 Å². The fourth-order valence-corrected chi connectivity index (χ4v) is 3.16. The van der Waals surface area contributed by atoms with E-state index in [2.05, 4.69) is 34.8 Å². The Kier molecular flexibility index (Phi) is 5.77. The highest BCUT2D eigenvalue weighted by Gasteiger charge is 2.15. The number of H-pyrrole nitrogens is 1. The van der Waals surface area contributed by atoms with Crippen molar-refractivity contribution < 1.29 is 4.74 Å². The summed E-state index contributed by atoms with van der Waals surface area (Å²) in [5.41, 5.74) is 3.35. The molecule has 0 bridgehead atoms. The summed E-state index contributed by atoms with van der Waals surface area (Å²) < 4.78 is 5.21. The molecule has 4 nitrogen and oxygen atoms in total. The Labute approximate surface area is 147 Å². The second kappa shape index (κ2) is 8.22. The average molecular weight is 341 g/mol. The molecule has 0 aliphatic heterocycles. The molecule has 0 saturated heterocycles. The Morgan fingerprint density at radius 3 is 2.67 bits per heavy atom. The van der Waals surface area contributed by atoms with Crippen LogP contribution in [0.3, 0.4) is 0 Å². The number of imidazole rings is 1. The van der Waals surface area contributed by atoms with Gasteiger partial charge in [0.15, 0.2) is 0 Å². The van der Waals surface area contributed by atoms with Crippen molar-refractivity contribution in [1.82, 2.24) is 15.3 Å². The fraction of sp³-hybridized carbons (Fsp3) is 0.316. The molecule has 1 heterocycles. The van der Waals surface area contributed by atoms with Gasteiger partial charge in [-0.2, -0.15) is 11.8 Å². The summed E-state index contributed by atoms with van der Waals surface area (Å²) in [6, 6.07) is 16.6. The van der Waals surface area contributed by atoms with Crippen molar-refractivity contribution in [3.63, 3.8) is 0 Å². The summed E-state index contributed by atoms with van der Waals surface area (Å²) in [6.45, 7) is 0.806. The summed E-state index contributed by atoms with van der Waals surface area (Å²) in [5, 5.41) is 3.64. The first-order valence-corrected chi connectivity index (χ1v) is 9.49. The van der Waals surface area contributed by atoms with Gasteiger partial charge in [0, 0.05) is 6.54 Å². The van der Waals surface area contributed by atoms with Crippen LogP contribution in [0.1, 0.15) is 23.9 Å². The lowest BCUT2D eigenvalue weighted by molar-refractivity contribution is 0.414. The van der Waals surface area contributed by atoms with Crippen molar-refractivity contribution in [2.75, 3.05) is 19.1 Å². The Bertz CT molecular complexity index is 737. The first kappa shape index (κ1) is 16.9. The van der Waals surface area contributed by atoms with Crippen molar-refractivity contribution in [1.29, 1.82) is 0 Å². The van der Waals surface area contributed by atoms with Gasteiger partial charge in [0.05, 0.1) is 24.2 Å². The molecule has 0 radical (unpaired) electrons. The summed E-state index contributed by atoms with van der Waals surface area (Å²) >= 11 is 1.86. The molecule has 3 aromatic rings. The number of aromatic nitrogens is 2. The van der Waals surface area contributed by atoms with E-state index in [9.17, 15) is 0 Å². The SMILES string of the molecule is COc1ccc(CN[C@H](CCSC)c2nc3ccccc3[nH]2)cc1. The Hall–Kier alpha value is -1.98. The summed E-state index contributed by atoms with van der Waals surface area (Å²) in [4.78, 5) is 8.21. The Morgan fingerprint density at radius 2 is 1.96 bits per heavy atom. The molecule has 0 spiro atoms. The van der Waals surface area contributed by atoms with Crippen LogP contribution in [0.15, 0.2) is 48.5 Å². The van der Waals surface area contributed by atoms with Crippen molar-refractivity contribution in [2.45, 2.75) is 19.0 Å². The maximum Gasteiger partial charge on any atom is 0.124 e. The van der Waals surface area contributed by atoms with Gasteiger partial charge in [-0.3, -0.25) is 0 Å². The molecule has 2 N–H and O–H groups in total. The van der Waals surface area contributed by atoms with Gasteiger partial charge in [-0.1, -0.05) is 24.3 Å². The molecule has 1 atom stereocenters. The third kappa shape index (κ3) is 4.10. The van der Waals surface area contributed by atoms with Gasteiger partial charge in [-0.25, -0.2) is 4.98 Å². The van der Waals surface area contributed by atoms with Gasteiger partial charge in [-0.05, 0) is 48.3 Å². The van der Waals surface area contributed by atoms with Crippen LogP contribution in [0.4, 0.5) is 0 Å². The molecule has 0 aliphatic carbocycles. The van der Waals surface area contributed by atoms with Crippen molar-refractivity contribution in [3.05, 3.63) is 59.9 Å². The molecule has 0 amide bonds. The normalized spacial score (nSPS) is 12.4. The molecule has 0 fully saturated rings. The number of nitrogens with one attached hydrogen (secondary N) is 2. The van der Waals surface area contributed by atoms with Crippen LogP contribution in [0, 0.1) is 0 Å². The largest absolute Gasteiger partial charge is 0.497 e. The fourth-order valence-electron chi connectivity index (χ4n) is 2.69. The maximum absolute atomic E-state index is 5.21. The molecule has 3 rings (SSSR count). The Balaban J connectivity index is 1.72. The number of benzene rings is 2. The second-order valence-corrected chi connectivity index (χ2v) is 6.69. The lowest BCUT2D eigenvalue weighted by Crippen LogP contribution is -2.22. The number of fused-ring (bicyclic) bond motifs is 1. The van der Waals surface area contributed by atoms with E-state index in [1.54, 1.807) is 7.11 Å². The van der Waals surface area contributed by atoms with Gasteiger partial charge >= 0.3 is 0 Å². The van der Waals surface area contributed by atoms with Gasteiger partial charge in [0.2, 0.25) is 0 Å². The topological polar surface area (TPSA) is 49.9 Å². The van der Waals surface area contributed by atoms with Gasteiger partial charge in [-0.15, -0.1) is 0 Å². The number of nitrogens with zero attached hydrogens (tertiary/aromatic N) is 1. The highest BCUT2D eigenvalue weighted by molar-refractivity contribution is 7.98. The molecule has 0 saturated carbocycles. The predicted molar refractivity (Wildman–Crippen MR) is 102 cm³/mol. The number of ether oxygens (including phenoxy) is 1. The van der Waals surface area contributed by atoms with Gasteiger partial charge < -0.3 is 15.0 Å². The second-order valence-electron chi connectivity index (χ2n) is 5.70. The number of hydrogen-bond donors (Lipinski definition) is 2. The molecule has 0 aliphatic rings. The van der Waals surface area contributed by atoms with Crippen LogP contribution in [0.5, 0.6) is 5.75 Å². The number of para-hydroxylation sites is 2. The highest BCUT2D eigenvalue weighted by atomic mass is 32.2. The van der Waals surface area contributed by atoms with Crippen LogP contribution in [0.2, 0.25) is 0 Å². The highest BCUT2D eigenvalue weighted by Crippen LogP contribution is 2.21. The molecule has 24 heavy (non-hydrogen) atoms. The van der Waals surface area contributed by atoms with E-state index in [1.807, 2.05) is 42.1 Å². The van der Waals surface area contributed by atoms with E-state index in [0.29, 0.717) is 0 Å². The number of hydrogen-bond acceptors (Lipinski definition) is 4. The van der Waals surface area contributed by atoms with Crippen LogP contribution >= 0.6 is 11.8 Å². The van der Waals surface area contributed by atoms with Gasteiger partial charge in [0.1, 0.15) is 11.6 Å². The van der Waals surface area contributed by atoms with Crippen molar-refractivity contribution in [3.8, 4) is 5.75 Å². The van der Waals surface area contributed by atoms with Crippen LogP contribution in [-0.4, -0.2) is 29.1 Å². The number of aromatic amines is 1. The van der Waals surface area contributed by atoms with Gasteiger partial charge in [0.25, 0.3) is 0 Å². The zero-order chi connectivity index (χ0) is 16.8. The molecule has 126 valence electrons. The van der Waals surface area contributed by atoms with E-state index in [-0.39, 0.29) is 6.04 Å². The van der Waals surface area contributed by atoms with E-state index in [1.165, 1.54) is 5.56 Å². The lowest BCUT2D eigenvalue weighted by Gasteiger charge is -2.16. The quantitative estimate of drug-likeness (QED) is 0.646. The molecule has 5 heteroatoms. The summed E-state index contributed by atoms with van der Waals surface area (Å²) in [5.74, 6) is 2.99. The van der Waals surface area contributed by atoms with Crippen LogP contribution in [-0.2, 0) is 6.54 Å². The van der Waals surface area contributed by atoms with Crippen molar-refractivity contribution in [2.24, 2.45) is 0 Å². The minimum absolute atomic E-state index is 0.215. The monoisotopic (exact) mass is 341 g/mol. The summed E-state index contributed by atoms with van der Waals surface area (Å²) in [7, 11) is 1.69. The minimum Gasteiger partial charge on any atom is -0.497 e. The molecule has 2 aromatic carbocycles. The van der Waals surface area contributed by atoms with E-state index in [4.69, 9.17) is 9.72 Å². The molecule has 0 unspecified atom stereocenters. The maximum atomic E-state index is 5.21. The van der Waals surface area contributed by atoms with E-state index in [0.717, 1.165) is 41.3 Å². The number of methoxy groups -OCH3 is 1.